The van der Waals surface area contributed by atoms with E-state index in [4.69, 9.17) is 4.74 Å². The van der Waals surface area contributed by atoms with Crippen LogP contribution in [0.3, 0.4) is 0 Å². The molecule has 0 bridgehead atoms. The normalized spacial score (nSPS) is 21.4. The van der Waals surface area contributed by atoms with E-state index in [1.165, 1.54) is 17.5 Å². The number of piperidine rings is 1. The minimum Gasteiger partial charge on any atom is -0.485 e. The lowest BCUT2D eigenvalue weighted by Crippen LogP contribution is -2.35. The second-order valence-electron chi connectivity index (χ2n) is 7.15. The van der Waals surface area contributed by atoms with Crippen molar-refractivity contribution < 1.29 is 9.53 Å². The minimum atomic E-state index is 0.0192. The Kier molecular flexibility index (Phi) is 4.84. The number of nitrogens with one attached hydrogen (secondary N) is 1. The first-order valence-electron chi connectivity index (χ1n) is 9.40. The first kappa shape index (κ1) is 16.3. The molecule has 1 aliphatic heterocycles. The summed E-state index contributed by atoms with van der Waals surface area (Å²) in [6.07, 6.45) is 4.98. The van der Waals surface area contributed by atoms with Crippen LogP contribution >= 0.6 is 0 Å². The molecule has 0 aromatic heterocycles. The highest BCUT2D eigenvalue weighted by Crippen LogP contribution is 2.34. The molecule has 4 rings (SSSR count). The van der Waals surface area contributed by atoms with Gasteiger partial charge in [-0.1, -0.05) is 36.4 Å². The molecule has 2 atom stereocenters. The van der Waals surface area contributed by atoms with Crippen molar-refractivity contribution in [1.29, 1.82) is 0 Å². The fourth-order valence-electron chi connectivity index (χ4n) is 4.04. The molecular weight excluding hydrogens is 310 g/mol. The van der Waals surface area contributed by atoms with Crippen molar-refractivity contribution in [3.63, 3.8) is 0 Å². The Bertz CT molecular complexity index is 735. The number of ketones is 1. The maximum Gasteiger partial charge on any atom is 0.163 e. The summed E-state index contributed by atoms with van der Waals surface area (Å²) in [5.41, 5.74) is 3.23. The molecule has 2 unspecified atom stereocenters. The van der Waals surface area contributed by atoms with Gasteiger partial charge in [-0.2, -0.15) is 0 Å². The van der Waals surface area contributed by atoms with Gasteiger partial charge < -0.3 is 10.1 Å². The number of aryl methyl sites for hydroxylation is 1. The van der Waals surface area contributed by atoms with Gasteiger partial charge in [0, 0.05) is 24.4 Å². The first-order chi connectivity index (χ1) is 12.3. The molecule has 2 aromatic carbocycles. The third-order valence-corrected chi connectivity index (χ3v) is 5.39. The highest BCUT2D eigenvalue weighted by Gasteiger charge is 2.27. The Morgan fingerprint density at radius 1 is 1.04 bits per heavy atom. The maximum atomic E-state index is 12.2. The van der Waals surface area contributed by atoms with E-state index in [0.29, 0.717) is 12.3 Å². The molecule has 2 aliphatic rings. The van der Waals surface area contributed by atoms with Crippen molar-refractivity contribution in [3.05, 3.63) is 65.2 Å². The average Bonchev–Trinajstić information content (AvgIpc) is 2.68. The molecule has 25 heavy (non-hydrogen) atoms. The van der Waals surface area contributed by atoms with Gasteiger partial charge in [0.1, 0.15) is 11.9 Å². The molecule has 3 heteroatoms. The van der Waals surface area contributed by atoms with Gasteiger partial charge in [0.2, 0.25) is 0 Å². The molecule has 1 heterocycles. The van der Waals surface area contributed by atoms with Crippen LogP contribution in [0.1, 0.15) is 53.3 Å². The van der Waals surface area contributed by atoms with E-state index in [1.807, 2.05) is 18.2 Å². The highest BCUT2D eigenvalue weighted by atomic mass is 16.5. The van der Waals surface area contributed by atoms with Gasteiger partial charge in [0.05, 0.1) is 0 Å². The van der Waals surface area contributed by atoms with Crippen molar-refractivity contribution in [3.8, 4) is 5.75 Å². The summed E-state index contributed by atoms with van der Waals surface area (Å²) in [5, 5.41) is 3.49. The van der Waals surface area contributed by atoms with Crippen LogP contribution in [0.5, 0.6) is 5.75 Å². The summed E-state index contributed by atoms with van der Waals surface area (Å²) in [7, 11) is 0. The van der Waals surface area contributed by atoms with Gasteiger partial charge in [-0.15, -0.1) is 0 Å². The topological polar surface area (TPSA) is 38.3 Å². The molecule has 2 aromatic rings. The maximum absolute atomic E-state index is 12.2. The Hall–Kier alpha value is -2.13. The van der Waals surface area contributed by atoms with E-state index in [9.17, 15) is 4.79 Å². The molecule has 0 amide bonds. The monoisotopic (exact) mass is 335 g/mol. The number of fused-ring (bicyclic) bond motifs is 1. The third-order valence-electron chi connectivity index (χ3n) is 5.39. The minimum absolute atomic E-state index is 0.0192. The number of rotatable bonds is 4. The largest absolute Gasteiger partial charge is 0.485 e. The molecule has 0 radical (unpaired) electrons. The Morgan fingerprint density at radius 3 is 2.72 bits per heavy atom. The van der Waals surface area contributed by atoms with Crippen LogP contribution in [0.2, 0.25) is 0 Å². The van der Waals surface area contributed by atoms with Crippen LogP contribution in [-0.2, 0) is 6.42 Å². The summed E-state index contributed by atoms with van der Waals surface area (Å²) in [5.74, 6) is 1.51. The first-order valence-corrected chi connectivity index (χ1v) is 9.40. The molecule has 130 valence electrons. The average molecular weight is 335 g/mol. The second-order valence-corrected chi connectivity index (χ2v) is 7.15. The van der Waals surface area contributed by atoms with Crippen molar-refractivity contribution in [1.82, 2.24) is 5.32 Å². The van der Waals surface area contributed by atoms with Gasteiger partial charge in [0.25, 0.3) is 0 Å². The van der Waals surface area contributed by atoms with Crippen LogP contribution < -0.4 is 10.1 Å². The molecule has 0 spiro atoms. The van der Waals surface area contributed by atoms with Crippen LogP contribution in [-0.4, -0.2) is 18.9 Å². The highest BCUT2D eigenvalue weighted by molar-refractivity contribution is 5.98. The summed E-state index contributed by atoms with van der Waals surface area (Å²) in [6, 6.07) is 16.5. The third kappa shape index (κ3) is 3.62. The van der Waals surface area contributed by atoms with E-state index in [-0.39, 0.29) is 11.9 Å². The van der Waals surface area contributed by atoms with Crippen LogP contribution in [0.25, 0.3) is 0 Å². The number of Topliss-reactive ketones (excluding diaryl/α,β-unsaturated/α-hetero) is 1. The summed E-state index contributed by atoms with van der Waals surface area (Å²) >= 11 is 0. The van der Waals surface area contributed by atoms with E-state index >= 15 is 0 Å². The standard InChI is InChI=1S/C22H25NO2/c24-21-10-4-8-16-11-12-19(14-20(16)21)25-22(17-6-2-1-3-7-17)18-9-5-13-23-15-18/h1-3,6-7,11-12,14,18,22-23H,4-5,8-10,13,15H2. The Labute approximate surface area is 149 Å². The van der Waals surface area contributed by atoms with E-state index in [0.717, 1.165) is 43.7 Å². The van der Waals surface area contributed by atoms with Gasteiger partial charge in [-0.25, -0.2) is 0 Å². The number of ether oxygens (including phenoxy) is 1. The summed E-state index contributed by atoms with van der Waals surface area (Å²) in [4.78, 5) is 12.2. The molecule has 0 saturated carbocycles. The lowest BCUT2D eigenvalue weighted by molar-refractivity contribution is 0.0968. The molecule has 1 saturated heterocycles. The number of carbonyl (C=O) groups is 1. The lowest BCUT2D eigenvalue weighted by Gasteiger charge is -2.32. The smallest absolute Gasteiger partial charge is 0.163 e. The van der Waals surface area contributed by atoms with Crippen LogP contribution in [0.15, 0.2) is 48.5 Å². The quantitative estimate of drug-likeness (QED) is 0.904. The van der Waals surface area contributed by atoms with Gasteiger partial charge >= 0.3 is 0 Å². The van der Waals surface area contributed by atoms with Crippen molar-refractivity contribution in [2.45, 2.75) is 38.2 Å². The zero-order valence-corrected chi connectivity index (χ0v) is 14.5. The van der Waals surface area contributed by atoms with E-state index < -0.39 is 0 Å². The Morgan fingerprint density at radius 2 is 1.92 bits per heavy atom. The van der Waals surface area contributed by atoms with Crippen molar-refractivity contribution >= 4 is 5.78 Å². The number of hydrogen-bond donors (Lipinski definition) is 1. The van der Waals surface area contributed by atoms with Crippen molar-refractivity contribution in [2.24, 2.45) is 5.92 Å². The summed E-state index contributed by atoms with van der Waals surface area (Å²) in [6.45, 7) is 2.06. The molecule has 1 fully saturated rings. The zero-order valence-electron chi connectivity index (χ0n) is 14.5. The zero-order chi connectivity index (χ0) is 17.1. The fourth-order valence-corrected chi connectivity index (χ4v) is 4.04. The SMILES string of the molecule is O=C1CCCc2ccc(OC(c3ccccc3)C3CCCNC3)cc21. The van der Waals surface area contributed by atoms with Gasteiger partial charge in [-0.3, -0.25) is 4.79 Å². The predicted molar refractivity (Wildman–Crippen MR) is 99.1 cm³/mol. The lowest BCUT2D eigenvalue weighted by atomic mass is 9.88. The number of hydrogen-bond acceptors (Lipinski definition) is 3. The Balaban J connectivity index is 1.62. The van der Waals surface area contributed by atoms with Crippen molar-refractivity contribution in [2.75, 3.05) is 13.1 Å². The molecule has 1 N–H and O–H groups in total. The second kappa shape index (κ2) is 7.40. The molecule has 3 nitrogen and oxygen atoms in total. The van der Waals surface area contributed by atoms with E-state index in [2.05, 4.69) is 35.6 Å². The summed E-state index contributed by atoms with van der Waals surface area (Å²) < 4.78 is 6.46. The van der Waals surface area contributed by atoms with Crippen LogP contribution in [0.4, 0.5) is 0 Å². The molecule has 1 aliphatic carbocycles. The van der Waals surface area contributed by atoms with Crippen LogP contribution in [0, 0.1) is 5.92 Å². The van der Waals surface area contributed by atoms with Gasteiger partial charge in [-0.05, 0) is 55.5 Å². The predicted octanol–water partition coefficient (Wildman–Crippen LogP) is 4.33. The molecular formula is C22H25NO2. The fraction of sp³-hybridized carbons (Fsp3) is 0.409. The number of carbonyl (C=O) groups excluding carboxylic acids is 1. The number of benzene rings is 2. The van der Waals surface area contributed by atoms with Gasteiger partial charge in [0.15, 0.2) is 5.78 Å². The van der Waals surface area contributed by atoms with E-state index in [1.54, 1.807) is 0 Å².